The minimum atomic E-state index is -4.53. The molecule has 13 heteroatoms. The van der Waals surface area contributed by atoms with Crippen LogP contribution in [0.3, 0.4) is 0 Å². The van der Waals surface area contributed by atoms with Gasteiger partial charge in [-0.25, -0.2) is 9.37 Å². The molecule has 2 amide bonds. The van der Waals surface area contributed by atoms with Gasteiger partial charge in [-0.15, -0.1) is 11.3 Å². The monoisotopic (exact) mass is 669 g/mol. The number of rotatable bonds is 12. The fourth-order valence-corrected chi connectivity index (χ4v) is 6.57. The second-order valence-corrected chi connectivity index (χ2v) is 12.5. The Morgan fingerprint density at radius 3 is 2.53 bits per heavy atom. The molecule has 1 saturated heterocycles. The molecule has 3 atom stereocenters. The SMILES string of the molecule is Cc1csc([C@H]2CCCN2C(=O)c2cc(CF)cc(C(=O)N[C@@H](Cc3ccccc3)[C@H](O)CNCc3cncc(C(F)(F)F)c3)c2)n1. The molecule has 0 aliphatic carbocycles. The van der Waals surface area contributed by atoms with Crippen LogP contribution in [0.1, 0.15) is 72.6 Å². The highest BCUT2D eigenvalue weighted by atomic mass is 32.1. The number of halogens is 4. The Balaban J connectivity index is 1.31. The molecule has 0 saturated carbocycles. The number of aromatic nitrogens is 2. The summed E-state index contributed by atoms with van der Waals surface area (Å²) in [4.78, 5) is 37.2. The zero-order valence-corrected chi connectivity index (χ0v) is 26.5. The van der Waals surface area contributed by atoms with Crippen molar-refractivity contribution in [3.63, 3.8) is 0 Å². The van der Waals surface area contributed by atoms with E-state index in [2.05, 4.69) is 20.6 Å². The summed E-state index contributed by atoms with van der Waals surface area (Å²) in [7, 11) is 0. The van der Waals surface area contributed by atoms with Gasteiger partial charge < -0.3 is 20.6 Å². The van der Waals surface area contributed by atoms with Gasteiger partial charge in [-0.3, -0.25) is 14.6 Å². The Kier molecular flexibility index (Phi) is 11.0. The zero-order valence-electron chi connectivity index (χ0n) is 25.6. The Bertz CT molecular complexity index is 1680. The quantitative estimate of drug-likeness (QED) is 0.165. The molecule has 3 N–H and O–H groups in total. The summed E-state index contributed by atoms with van der Waals surface area (Å²) < 4.78 is 53.3. The molecule has 2 aromatic heterocycles. The van der Waals surface area contributed by atoms with Gasteiger partial charge in [-0.05, 0) is 67.1 Å². The number of nitrogens with one attached hydrogen (secondary N) is 2. The van der Waals surface area contributed by atoms with Gasteiger partial charge in [0.1, 0.15) is 11.7 Å². The lowest BCUT2D eigenvalue weighted by atomic mass is 9.99. The van der Waals surface area contributed by atoms with Crippen LogP contribution < -0.4 is 10.6 Å². The molecule has 47 heavy (non-hydrogen) atoms. The number of alkyl halides is 4. The molecule has 1 fully saturated rings. The minimum Gasteiger partial charge on any atom is -0.390 e. The fourth-order valence-electron chi connectivity index (χ4n) is 5.63. The van der Waals surface area contributed by atoms with Crippen LogP contribution in [0.15, 0.2) is 72.4 Å². The molecule has 0 bridgehead atoms. The number of hydrogen-bond donors (Lipinski definition) is 3. The van der Waals surface area contributed by atoms with E-state index in [1.165, 1.54) is 35.7 Å². The lowest BCUT2D eigenvalue weighted by Gasteiger charge is -2.26. The van der Waals surface area contributed by atoms with Gasteiger partial charge in [0.05, 0.1) is 23.8 Å². The first kappa shape index (κ1) is 34.1. The lowest BCUT2D eigenvalue weighted by molar-refractivity contribution is -0.137. The van der Waals surface area contributed by atoms with Crippen molar-refractivity contribution in [3.8, 4) is 0 Å². The molecule has 8 nitrogen and oxygen atoms in total. The largest absolute Gasteiger partial charge is 0.417 e. The van der Waals surface area contributed by atoms with Crippen LogP contribution in [0.5, 0.6) is 0 Å². The molecule has 3 heterocycles. The van der Waals surface area contributed by atoms with E-state index in [0.717, 1.165) is 41.4 Å². The van der Waals surface area contributed by atoms with Crippen LogP contribution in [-0.4, -0.2) is 57.0 Å². The van der Waals surface area contributed by atoms with Crippen molar-refractivity contribution < 1.29 is 32.3 Å². The Labute approximate surface area is 273 Å². The topological polar surface area (TPSA) is 107 Å². The van der Waals surface area contributed by atoms with E-state index in [-0.39, 0.29) is 53.7 Å². The molecule has 4 aromatic rings. The second kappa shape index (κ2) is 15.1. The zero-order chi connectivity index (χ0) is 33.6. The number of aryl methyl sites for hydroxylation is 1. The number of aliphatic hydroxyl groups excluding tert-OH is 1. The van der Waals surface area contributed by atoms with Crippen LogP contribution >= 0.6 is 11.3 Å². The summed E-state index contributed by atoms with van der Waals surface area (Å²) >= 11 is 1.49. The number of nitrogens with zero attached hydrogens (tertiary/aromatic N) is 3. The van der Waals surface area contributed by atoms with E-state index in [4.69, 9.17) is 0 Å². The van der Waals surface area contributed by atoms with Crippen molar-refractivity contribution in [1.29, 1.82) is 0 Å². The van der Waals surface area contributed by atoms with E-state index in [1.54, 1.807) is 4.90 Å². The number of hydrogen-bond acceptors (Lipinski definition) is 7. The van der Waals surface area contributed by atoms with Gasteiger partial charge in [0.15, 0.2) is 0 Å². The van der Waals surface area contributed by atoms with E-state index >= 15 is 0 Å². The molecular weight excluding hydrogens is 634 g/mol. The lowest BCUT2D eigenvalue weighted by Crippen LogP contribution is -2.48. The predicted octanol–water partition coefficient (Wildman–Crippen LogP) is 5.80. The molecule has 0 unspecified atom stereocenters. The van der Waals surface area contributed by atoms with Crippen molar-refractivity contribution in [2.45, 2.75) is 63.8 Å². The normalized spacial score (nSPS) is 16.2. The summed E-state index contributed by atoms with van der Waals surface area (Å²) in [6.07, 6.45) is -1.86. The summed E-state index contributed by atoms with van der Waals surface area (Å²) in [6, 6.07) is 13.4. The van der Waals surface area contributed by atoms with Crippen LogP contribution in [0.4, 0.5) is 17.6 Å². The van der Waals surface area contributed by atoms with Crippen molar-refractivity contribution in [3.05, 3.63) is 116 Å². The van der Waals surface area contributed by atoms with Crippen molar-refractivity contribution in [2.75, 3.05) is 13.1 Å². The maximum Gasteiger partial charge on any atom is 0.417 e. The highest BCUT2D eigenvalue weighted by Crippen LogP contribution is 2.35. The van der Waals surface area contributed by atoms with E-state index in [0.29, 0.717) is 6.54 Å². The highest BCUT2D eigenvalue weighted by molar-refractivity contribution is 7.09. The predicted molar refractivity (Wildman–Crippen MR) is 169 cm³/mol. The van der Waals surface area contributed by atoms with Gasteiger partial charge in [-0.1, -0.05) is 30.3 Å². The third kappa shape index (κ3) is 8.79. The highest BCUT2D eigenvalue weighted by Gasteiger charge is 2.33. The fraction of sp³-hybridized carbons (Fsp3) is 0.353. The Morgan fingerprint density at radius 1 is 1.06 bits per heavy atom. The van der Waals surface area contributed by atoms with E-state index in [1.807, 2.05) is 42.6 Å². The van der Waals surface area contributed by atoms with Crippen LogP contribution in [0.25, 0.3) is 0 Å². The number of likely N-dealkylation sites (tertiary alicyclic amines) is 1. The third-order valence-electron chi connectivity index (χ3n) is 7.98. The number of aliphatic hydroxyl groups is 1. The summed E-state index contributed by atoms with van der Waals surface area (Å²) in [5.74, 6) is -0.927. The maximum atomic E-state index is 14.0. The number of carbonyl (C=O) groups excluding carboxylic acids is 2. The number of benzene rings is 2. The summed E-state index contributed by atoms with van der Waals surface area (Å²) in [5, 5.41) is 19.7. The average Bonchev–Trinajstić information content (AvgIpc) is 3.73. The Morgan fingerprint density at radius 2 is 1.83 bits per heavy atom. The molecule has 2 aromatic carbocycles. The van der Waals surface area contributed by atoms with Crippen LogP contribution in [0, 0.1) is 6.92 Å². The summed E-state index contributed by atoms with van der Waals surface area (Å²) in [6.45, 7) is 1.46. The van der Waals surface area contributed by atoms with Gasteiger partial charge >= 0.3 is 6.18 Å². The Hall–Kier alpha value is -4.20. The molecule has 1 aliphatic heterocycles. The van der Waals surface area contributed by atoms with Gasteiger partial charge in [0, 0.05) is 54.2 Å². The van der Waals surface area contributed by atoms with Crippen molar-refractivity contribution >= 4 is 23.2 Å². The first-order valence-electron chi connectivity index (χ1n) is 15.2. The molecule has 0 spiro atoms. The number of amides is 2. The second-order valence-electron chi connectivity index (χ2n) is 11.6. The standard InChI is InChI=1S/C34H35F4N5O3S/c1-21-20-47-32(41-21)29-8-5-9-43(29)33(46)26-11-23(15-35)10-25(14-26)31(45)42-28(13-22-6-3-2-4-7-22)30(44)19-40-17-24-12-27(18-39-16-24)34(36,37)38/h2-4,6-7,10-12,14,16,18,20,28-30,40,44H,5,8-9,13,15,17,19H2,1H3,(H,42,45)/t28-,29+,30+/m0/s1. The van der Waals surface area contributed by atoms with E-state index < -0.39 is 36.5 Å². The number of pyridine rings is 1. The smallest absolute Gasteiger partial charge is 0.390 e. The van der Waals surface area contributed by atoms with Crippen LogP contribution in [-0.2, 0) is 25.8 Å². The molecule has 1 aliphatic rings. The van der Waals surface area contributed by atoms with E-state index in [9.17, 15) is 32.3 Å². The average molecular weight is 670 g/mol. The molecule has 0 radical (unpaired) electrons. The first-order chi connectivity index (χ1) is 22.5. The number of carbonyl (C=O) groups is 2. The van der Waals surface area contributed by atoms with Crippen molar-refractivity contribution in [2.24, 2.45) is 0 Å². The molecular formula is C34H35F4N5O3S. The maximum absolute atomic E-state index is 14.0. The van der Waals surface area contributed by atoms with Crippen LogP contribution in [0.2, 0.25) is 0 Å². The summed E-state index contributed by atoms with van der Waals surface area (Å²) in [5.41, 5.74) is 1.51. The van der Waals surface area contributed by atoms with Gasteiger partial charge in [-0.2, -0.15) is 13.2 Å². The first-order valence-corrected chi connectivity index (χ1v) is 16.1. The minimum absolute atomic E-state index is 0.00204. The van der Waals surface area contributed by atoms with Gasteiger partial charge in [0.2, 0.25) is 0 Å². The van der Waals surface area contributed by atoms with Crippen molar-refractivity contribution in [1.82, 2.24) is 25.5 Å². The molecule has 248 valence electrons. The third-order valence-corrected chi connectivity index (χ3v) is 9.04. The molecule has 5 rings (SSSR count). The van der Waals surface area contributed by atoms with Gasteiger partial charge in [0.25, 0.3) is 11.8 Å². The number of thiazole rings is 1.